The lowest BCUT2D eigenvalue weighted by atomic mass is 10.3. The Hall–Kier alpha value is -1.53. The van der Waals surface area contributed by atoms with Crippen LogP contribution in [0.5, 0.6) is 0 Å². The molecule has 0 radical (unpaired) electrons. The molecule has 1 atom stereocenters. The van der Waals surface area contributed by atoms with E-state index in [1.165, 1.54) is 11.8 Å². The molecule has 0 saturated heterocycles. The summed E-state index contributed by atoms with van der Waals surface area (Å²) in [5.41, 5.74) is 7.26. The van der Waals surface area contributed by atoms with Crippen molar-refractivity contribution in [3.63, 3.8) is 0 Å². The lowest BCUT2D eigenvalue weighted by Crippen LogP contribution is -2.23. The molecule has 19 heavy (non-hydrogen) atoms. The molecule has 0 fully saturated rings. The second kappa shape index (κ2) is 6.08. The Morgan fingerprint density at radius 1 is 1.53 bits per heavy atom. The van der Waals surface area contributed by atoms with E-state index < -0.39 is 0 Å². The van der Waals surface area contributed by atoms with Crippen LogP contribution in [0.25, 0.3) is 11.0 Å². The summed E-state index contributed by atoms with van der Waals surface area (Å²) in [7, 11) is 1.66. The third-order valence-corrected chi connectivity index (χ3v) is 3.93. The summed E-state index contributed by atoms with van der Waals surface area (Å²) >= 11 is 1.38. The molecule has 102 valence electrons. The molecule has 1 amide bonds. The monoisotopic (exact) mass is 279 g/mol. The van der Waals surface area contributed by atoms with Gasteiger partial charge in [-0.2, -0.15) is 0 Å². The summed E-state index contributed by atoms with van der Waals surface area (Å²) in [5.74, 6) is -0.338. The molecule has 1 heterocycles. The summed E-state index contributed by atoms with van der Waals surface area (Å²) in [4.78, 5) is 15.7. The van der Waals surface area contributed by atoms with Gasteiger partial charge in [-0.3, -0.25) is 4.79 Å². The van der Waals surface area contributed by atoms with Crippen molar-refractivity contribution in [2.75, 3.05) is 13.7 Å². The Morgan fingerprint density at radius 3 is 2.95 bits per heavy atom. The van der Waals surface area contributed by atoms with Crippen molar-refractivity contribution in [3.05, 3.63) is 24.3 Å². The molecule has 5 nitrogen and oxygen atoms in total. The van der Waals surface area contributed by atoms with Crippen LogP contribution in [0.4, 0.5) is 0 Å². The van der Waals surface area contributed by atoms with Crippen molar-refractivity contribution in [2.24, 2.45) is 5.73 Å². The number of hydrogen-bond acceptors (Lipinski definition) is 4. The van der Waals surface area contributed by atoms with E-state index in [1.807, 2.05) is 24.3 Å². The van der Waals surface area contributed by atoms with Crippen LogP contribution in [0, 0.1) is 0 Å². The first-order chi connectivity index (χ1) is 9.13. The van der Waals surface area contributed by atoms with E-state index in [-0.39, 0.29) is 11.2 Å². The predicted molar refractivity (Wildman–Crippen MR) is 76.1 cm³/mol. The van der Waals surface area contributed by atoms with Crippen molar-refractivity contribution >= 4 is 28.7 Å². The molecule has 0 aliphatic carbocycles. The number of primary amides is 1. The molecular formula is C13H17N3O2S. The molecule has 2 N–H and O–H groups in total. The molecule has 0 aliphatic heterocycles. The van der Waals surface area contributed by atoms with Gasteiger partial charge < -0.3 is 15.0 Å². The van der Waals surface area contributed by atoms with Gasteiger partial charge in [0.15, 0.2) is 5.16 Å². The molecule has 6 heteroatoms. The van der Waals surface area contributed by atoms with E-state index >= 15 is 0 Å². The molecule has 2 rings (SSSR count). The molecule has 0 unspecified atom stereocenters. The highest BCUT2D eigenvalue weighted by Crippen LogP contribution is 2.26. The lowest BCUT2D eigenvalue weighted by Gasteiger charge is -2.10. The number of para-hydroxylation sites is 2. The van der Waals surface area contributed by atoms with Gasteiger partial charge in [0.1, 0.15) is 0 Å². The fourth-order valence-electron chi connectivity index (χ4n) is 1.76. The second-order valence-electron chi connectivity index (χ2n) is 4.19. The van der Waals surface area contributed by atoms with Crippen LogP contribution < -0.4 is 5.73 Å². The predicted octanol–water partition coefficient (Wildman–Crippen LogP) is 1.65. The van der Waals surface area contributed by atoms with Crippen molar-refractivity contribution in [3.8, 4) is 0 Å². The number of methoxy groups -OCH3 is 1. The number of hydrogen-bond donors (Lipinski definition) is 1. The summed E-state index contributed by atoms with van der Waals surface area (Å²) < 4.78 is 7.18. The molecule has 1 aromatic heterocycles. The molecule has 2 aromatic rings. The molecule has 0 aliphatic rings. The first kappa shape index (κ1) is 13.9. The quantitative estimate of drug-likeness (QED) is 0.816. The van der Waals surface area contributed by atoms with Gasteiger partial charge in [0.2, 0.25) is 5.91 Å². The van der Waals surface area contributed by atoms with Crippen LogP contribution in [0.1, 0.15) is 6.92 Å². The number of imidazole rings is 1. The number of benzene rings is 1. The highest BCUT2D eigenvalue weighted by molar-refractivity contribution is 8.00. The van der Waals surface area contributed by atoms with Gasteiger partial charge in [-0.25, -0.2) is 4.98 Å². The smallest absolute Gasteiger partial charge is 0.230 e. The standard InChI is InChI=1S/C13H17N3O2S/c1-9(12(14)17)19-13-15-10-5-3-4-6-11(10)16(13)7-8-18-2/h3-6,9H,7-8H2,1-2H3,(H2,14,17)/t9-/m0/s1. The van der Waals surface area contributed by atoms with Crippen LogP contribution in [0.15, 0.2) is 29.4 Å². The Labute approximate surface area is 116 Å². The first-order valence-electron chi connectivity index (χ1n) is 6.03. The second-order valence-corrected chi connectivity index (χ2v) is 5.50. The highest BCUT2D eigenvalue weighted by Gasteiger charge is 2.17. The molecule has 0 bridgehead atoms. The number of carbonyl (C=O) groups excluding carboxylic acids is 1. The minimum atomic E-state index is -0.338. The van der Waals surface area contributed by atoms with Crippen LogP contribution >= 0.6 is 11.8 Å². The zero-order chi connectivity index (χ0) is 13.8. The van der Waals surface area contributed by atoms with Gasteiger partial charge in [0, 0.05) is 13.7 Å². The summed E-state index contributed by atoms with van der Waals surface area (Å²) in [6.07, 6.45) is 0. The van der Waals surface area contributed by atoms with Crippen molar-refractivity contribution < 1.29 is 9.53 Å². The topological polar surface area (TPSA) is 70.1 Å². The Bertz CT molecular complexity index is 582. The van der Waals surface area contributed by atoms with Crippen LogP contribution in [0.2, 0.25) is 0 Å². The summed E-state index contributed by atoms with van der Waals surface area (Å²) in [6.45, 7) is 3.08. The largest absolute Gasteiger partial charge is 0.383 e. The van der Waals surface area contributed by atoms with Gasteiger partial charge >= 0.3 is 0 Å². The van der Waals surface area contributed by atoms with E-state index in [0.717, 1.165) is 16.2 Å². The zero-order valence-electron chi connectivity index (χ0n) is 11.0. The SMILES string of the molecule is COCCn1c(S[C@@H](C)C(N)=O)nc2ccccc21. The molecule has 1 aromatic carbocycles. The van der Waals surface area contributed by atoms with Gasteiger partial charge in [-0.1, -0.05) is 23.9 Å². The third kappa shape index (κ3) is 3.08. The number of carbonyl (C=O) groups is 1. The minimum absolute atomic E-state index is 0.307. The Kier molecular flexibility index (Phi) is 4.44. The maximum absolute atomic E-state index is 11.2. The summed E-state index contributed by atoms with van der Waals surface area (Å²) in [6, 6.07) is 7.88. The summed E-state index contributed by atoms with van der Waals surface area (Å²) in [5, 5.41) is 0.489. The number of nitrogens with zero attached hydrogens (tertiary/aromatic N) is 2. The maximum atomic E-state index is 11.2. The number of aromatic nitrogens is 2. The van der Waals surface area contributed by atoms with E-state index in [1.54, 1.807) is 14.0 Å². The highest BCUT2D eigenvalue weighted by atomic mass is 32.2. The first-order valence-corrected chi connectivity index (χ1v) is 6.91. The van der Waals surface area contributed by atoms with Gasteiger partial charge in [-0.15, -0.1) is 0 Å². The maximum Gasteiger partial charge on any atom is 0.230 e. The fourth-order valence-corrected chi connectivity index (χ4v) is 2.66. The fraction of sp³-hybridized carbons (Fsp3) is 0.385. The lowest BCUT2D eigenvalue weighted by molar-refractivity contribution is -0.117. The van der Waals surface area contributed by atoms with Gasteiger partial charge in [-0.05, 0) is 19.1 Å². The number of fused-ring (bicyclic) bond motifs is 1. The Morgan fingerprint density at radius 2 is 2.26 bits per heavy atom. The number of ether oxygens (including phenoxy) is 1. The average Bonchev–Trinajstić information content (AvgIpc) is 2.73. The van der Waals surface area contributed by atoms with E-state index in [4.69, 9.17) is 10.5 Å². The van der Waals surface area contributed by atoms with Crippen LogP contribution in [0.3, 0.4) is 0 Å². The molecule has 0 saturated carbocycles. The van der Waals surface area contributed by atoms with E-state index in [0.29, 0.717) is 13.2 Å². The third-order valence-electron chi connectivity index (χ3n) is 2.82. The van der Waals surface area contributed by atoms with Crippen LogP contribution in [-0.4, -0.2) is 34.4 Å². The van der Waals surface area contributed by atoms with Crippen molar-refractivity contribution in [2.45, 2.75) is 23.9 Å². The number of thioether (sulfide) groups is 1. The normalized spacial score (nSPS) is 12.7. The van der Waals surface area contributed by atoms with Crippen molar-refractivity contribution in [1.82, 2.24) is 9.55 Å². The average molecular weight is 279 g/mol. The molecule has 0 spiro atoms. The number of amides is 1. The van der Waals surface area contributed by atoms with E-state index in [2.05, 4.69) is 9.55 Å². The zero-order valence-corrected chi connectivity index (χ0v) is 11.8. The van der Waals surface area contributed by atoms with E-state index in [9.17, 15) is 4.79 Å². The van der Waals surface area contributed by atoms with Crippen LogP contribution in [-0.2, 0) is 16.1 Å². The Balaban J connectivity index is 2.37. The van der Waals surface area contributed by atoms with Crippen molar-refractivity contribution in [1.29, 1.82) is 0 Å². The number of nitrogens with two attached hydrogens (primary N) is 1. The minimum Gasteiger partial charge on any atom is -0.383 e. The molecular weight excluding hydrogens is 262 g/mol. The van der Waals surface area contributed by atoms with Gasteiger partial charge in [0.25, 0.3) is 0 Å². The number of rotatable bonds is 6. The van der Waals surface area contributed by atoms with Gasteiger partial charge in [0.05, 0.1) is 22.9 Å².